The van der Waals surface area contributed by atoms with E-state index in [0.717, 1.165) is 0 Å². The molecule has 0 aromatic heterocycles. The quantitative estimate of drug-likeness (QED) is 0.716. The largest absolute Gasteiger partial charge is 0.496 e. The lowest BCUT2D eigenvalue weighted by Crippen LogP contribution is -2.22. The molecule has 1 unspecified atom stereocenters. The molecule has 4 nitrogen and oxygen atoms in total. The van der Waals surface area contributed by atoms with Gasteiger partial charge in [-0.2, -0.15) is 0 Å². The van der Waals surface area contributed by atoms with Gasteiger partial charge in [0.25, 0.3) is 5.91 Å². The molecule has 1 heterocycles. The zero-order chi connectivity index (χ0) is 10.3. The number of aliphatic hydroxyl groups is 1. The second-order valence-electron chi connectivity index (χ2n) is 3.21. The molecule has 0 saturated heterocycles. The van der Waals surface area contributed by atoms with Gasteiger partial charge in [0.15, 0.2) is 6.23 Å². The third kappa shape index (κ3) is 1.01. The highest BCUT2D eigenvalue weighted by Gasteiger charge is 2.35. The van der Waals surface area contributed by atoms with Crippen LogP contribution in [-0.4, -0.2) is 30.1 Å². The summed E-state index contributed by atoms with van der Waals surface area (Å²) in [5.74, 6) is 0.306. The minimum atomic E-state index is -0.854. The maximum Gasteiger partial charge on any atom is 0.260 e. The van der Waals surface area contributed by atoms with Crippen molar-refractivity contribution in [3.8, 4) is 5.75 Å². The number of aliphatic hydroxyl groups excluding tert-OH is 1. The van der Waals surface area contributed by atoms with Crippen LogP contribution in [-0.2, 0) is 0 Å². The number of ether oxygens (including phenoxy) is 1. The maximum atomic E-state index is 11.7. The van der Waals surface area contributed by atoms with Crippen LogP contribution in [0.5, 0.6) is 5.75 Å². The second kappa shape index (κ2) is 2.99. The molecule has 74 valence electrons. The monoisotopic (exact) mass is 193 g/mol. The molecule has 0 aliphatic carbocycles. The van der Waals surface area contributed by atoms with Gasteiger partial charge in [-0.05, 0) is 6.07 Å². The van der Waals surface area contributed by atoms with Crippen LogP contribution in [0.1, 0.15) is 22.1 Å². The van der Waals surface area contributed by atoms with Crippen molar-refractivity contribution in [1.82, 2.24) is 4.90 Å². The fraction of sp³-hybridized carbons (Fsp3) is 0.300. The van der Waals surface area contributed by atoms with E-state index in [2.05, 4.69) is 0 Å². The Labute approximate surface area is 81.7 Å². The smallest absolute Gasteiger partial charge is 0.260 e. The fourth-order valence-electron chi connectivity index (χ4n) is 1.66. The lowest BCUT2D eigenvalue weighted by Gasteiger charge is -2.13. The van der Waals surface area contributed by atoms with Crippen molar-refractivity contribution in [2.24, 2.45) is 0 Å². The highest BCUT2D eigenvalue weighted by molar-refractivity contribution is 6.01. The Hall–Kier alpha value is -1.55. The average Bonchev–Trinajstić information content (AvgIpc) is 2.44. The first-order valence-electron chi connectivity index (χ1n) is 4.29. The molecule has 1 atom stereocenters. The van der Waals surface area contributed by atoms with Crippen LogP contribution in [0.15, 0.2) is 18.2 Å². The molecule has 0 bridgehead atoms. The van der Waals surface area contributed by atoms with E-state index < -0.39 is 6.23 Å². The van der Waals surface area contributed by atoms with Gasteiger partial charge in [0.05, 0.1) is 12.7 Å². The SMILES string of the molecule is COc1cccc2c1C(=O)N(C)C2O. The summed E-state index contributed by atoms with van der Waals surface area (Å²) in [7, 11) is 3.07. The van der Waals surface area contributed by atoms with Crippen molar-refractivity contribution < 1.29 is 14.6 Å². The number of methoxy groups -OCH3 is 1. The van der Waals surface area contributed by atoms with E-state index in [0.29, 0.717) is 16.9 Å². The number of rotatable bonds is 1. The van der Waals surface area contributed by atoms with Crippen molar-refractivity contribution in [2.75, 3.05) is 14.2 Å². The van der Waals surface area contributed by atoms with Gasteiger partial charge in [0.2, 0.25) is 0 Å². The highest BCUT2D eigenvalue weighted by atomic mass is 16.5. The summed E-state index contributed by atoms with van der Waals surface area (Å²) in [5, 5.41) is 9.69. The Kier molecular flexibility index (Phi) is 1.93. The van der Waals surface area contributed by atoms with E-state index in [1.807, 2.05) is 0 Å². The molecule has 4 heteroatoms. The van der Waals surface area contributed by atoms with Gasteiger partial charge in [-0.25, -0.2) is 0 Å². The van der Waals surface area contributed by atoms with Gasteiger partial charge < -0.3 is 14.7 Å². The Morgan fingerprint density at radius 1 is 1.50 bits per heavy atom. The first-order chi connectivity index (χ1) is 6.66. The predicted molar refractivity (Wildman–Crippen MR) is 50.0 cm³/mol. The normalized spacial score (nSPS) is 19.8. The van der Waals surface area contributed by atoms with Crippen LogP contribution in [0.3, 0.4) is 0 Å². The van der Waals surface area contributed by atoms with Gasteiger partial charge in [-0.1, -0.05) is 12.1 Å². The molecule has 1 N–H and O–H groups in total. The van der Waals surface area contributed by atoms with E-state index in [9.17, 15) is 9.90 Å². The second-order valence-corrected chi connectivity index (χ2v) is 3.21. The minimum Gasteiger partial charge on any atom is -0.496 e. The molecule has 14 heavy (non-hydrogen) atoms. The van der Waals surface area contributed by atoms with Crippen LogP contribution in [0.4, 0.5) is 0 Å². The average molecular weight is 193 g/mol. The van der Waals surface area contributed by atoms with E-state index in [1.165, 1.54) is 12.0 Å². The van der Waals surface area contributed by atoms with Crippen molar-refractivity contribution in [1.29, 1.82) is 0 Å². The Bertz CT molecular complexity index is 389. The summed E-state index contributed by atoms with van der Waals surface area (Å²) in [6, 6.07) is 5.19. The third-order valence-corrected chi connectivity index (χ3v) is 2.46. The zero-order valence-electron chi connectivity index (χ0n) is 8.02. The Morgan fingerprint density at radius 3 is 2.86 bits per heavy atom. The number of fused-ring (bicyclic) bond motifs is 1. The number of benzene rings is 1. The van der Waals surface area contributed by atoms with E-state index in [1.54, 1.807) is 25.2 Å². The molecule has 0 radical (unpaired) electrons. The molecule has 1 aliphatic rings. The zero-order valence-corrected chi connectivity index (χ0v) is 8.02. The number of hydrogen-bond acceptors (Lipinski definition) is 3. The fourth-order valence-corrected chi connectivity index (χ4v) is 1.66. The molecule has 1 amide bonds. The van der Waals surface area contributed by atoms with E-state index >= 15 is 0 Å². The summed E-state index contributed by atoms with van der Waals surface area (Å²) < 4.78 is 5.07. The van der Waals surface area contributed by atoms with Crippen LogP contribution in [0.25, 0.3) is 0 Å². The topological polar surface area (TPSA) is 49.8 Å². The lowest BCUT2D eigenvalue weighted by molar-refractivity contribution is 0.0301. The van der Waals surface area contributed by atoms with Crippen LogP contribution < -0.4 is 4.74 Å². The summed E-state index contributed by atoms with van der Waals surface area (Å²) in [5.41, 5.74) is 1.07. The predicted octanol–water partition coefficient (Wildman–Crippen LogP) is 0.772. The summed E-state index contributed by atoms with van der Waals surface area (Å²) >= 11 is 0. The van der Waals surface area contributed by atoms with Crippen molar-refractivity contribution >= 4 is 5.91 Å². The molecule has 1 aromatic rings. The molecular formula is C10H11NO3. The first kappa shape index (κ1) is 9.02. The van der Waals surface area contributed by atoms with Crippen LogP contribution >= 0.6 is 0 Å². The van der Waals surface area contributed by atoms with Crippen molar-refractivity contribution in [2.45, 2.75) is 6.23 Å². The van der Waals surface area contributed by atoms with Gasteiger partial charge >= 0.3 is 0 Å². The van der Waals surface area contributed by atoms with Crippen molar-refractivity contribution in [3.63, 3.8) is 0 Å². The highest BCUT2D eigenvalue weighted by Crippen LogP contribution is 2.35. The van der Waals surface area contributed by atoms with Gasteiger partial charge in [-0.15, -0.1) is 0 Å². The Balaban J connectivity index is 2.63. The van der Waals surface area contributed by atoms with E-state index in [4.69, 9.17) is 4.74 Å². The number of carbonyl (C=O) groups excluding carboxylic acids is 1. The molecule has 0 saturated carbocycles. The van der Waals surface area contributed by atoms with E-state index in [-0.39, 0.29) is 5.91 Å². The van der Waals surface area contributed by atoms with Crippen molar-refractivity contribution in [3.05, 3.63) is 29.3 Å². The van der Waals surface area contributed by atoms with Crippen LogP contribution in [0.2, 0.25) is 0 Å². The van der Waals surface area contributed by atoms with Gasteiger partial charge in [0.1, 0.15) is 5.75 Å². The molecule has 0 fully saturated rings. The number of carbonyl (C=O) groups is 1. The standard InChI is InChI=1S/C10H11NO3/c1-11-9(12)6-4-3-5-7(14-2)8(6)10(11)13/h3-5,9,12H,1-2H3. The van der Waals surface area contributed by atoms with Crippen LogP contribution in [0, 0.1) is 0 Å². The molecule has 1 aromatic carbocycles. The summed E-state index contributed by atoms with van der Waals surface area (Å²) in [6.45, 7) is 0. The first-order valence-corrected chi connectivity index (χ1v) is 4.29. The maximum absolute atomic E-state index is 11.7. The summed E-state index contributed by atoms with van der Waals surface area (Å²) in [4.78, 5) is 13.0. The molecule has 0 spiro atoms. The van der Waals surface area contributed by atoms with Gasteiger partial charge in [0, 0.05) is 12.6 Å². The number of nitrogens with zero attached hydrogens (tertiary/aromatic N) is 1. The molecule has 2 rings (SSSR count). The minimum absolute atomic E-state index is 0.204. The molecule has 1 aliphatic heterocycles. The molecular weight excluding hydrogens is 182 g/mol. The lowest BCUT2D eigenvalue weighted by atomic mass is 10.1. The van der Waals surface area contributed by atoms with Gasteiger partial charge in [-0.3, -0.25) is 4.79 Å². The Morgan fingerprint density at radius 2 is 2.21 bits per heavy atom. The number of amides is 1. The third-order valence-electron chi connectivity index (χ3n) is 2.46. The number of hydrogen-bond donors (Lipinski definition) is 1. The summed E-state index contributed by atoms with van der Waals surface area (Å²) in [6.07, 6.45) is -0.854.